The molecule has 1 aliphatic heterocycles. The van der Waals surface area contributed by atoms with Crippen molar-refractivity contribution in [2.75, 3.05) is 11.5 Å². The first kappa shape index (κ1) is 17.0. The number of hydrogen-bond donors (Lipinski definition) is 1. The van der Waals surface area contributed by atoms with Crippen LogP contribution < -0.4 is 10.6 Å². The van der Waals surface area contributed by atoms with Crippen LogP contribution >= 0.6 is 11.8 Å². The van der Waals surface area contributed by atoms with Crippen LogP contribution in [0.5, 0.6) is 0 Å². The lowest BCUT2D eigenvalue weighted by Gasteiger charge is -2.28. The third kappa shape index (κ3) is 3.34. The summed E-state index contributed by atoms with van der Waals surface area (Å²) >= 11 is 1.40. The Morgan fingerprint density at radius 2 is 2.04 bits per heavy atom. The Morgan fingerprint density at radius 1 is 1.24 bits per heavy atom. The van der Waals surface area contributed by atoms with Crippen molar-refractivity contribution in [1.29, 1.82) is 0 Å². The summed E-state index contributed by atoms with van der Waals surface area (Å²) in [6.45, 7) is 1.98. The molecule has 2 N–H and O–H groups in total. The molecule has 0 aromatic carbocycles. The Morgan fingerprint density at radius 3 is 2.72 bits per heavy atom. The molecule has 1 unspecified atom stereocenters. The van der Waals surface area contributed by atoms with E-state index in [1.165, 1.54) is 18.0 Å². The van der Waals surface area contributed by atoms with Gasteiger partial charge >= 0.3 is 5.97 Å². The van der Waals surface area contributed by atoms with Crippen LogP contribution in [0.4, 0.5) is 5.69 Å². The number of amides is 1. The maximum absolute atomic E-state index is 12.4. The molecule has 0 bridgehead atoms. The Balaban J connectivity index is 2.09. The first-order chi connectivity index (χ1) is 12.1. The standard InChI is InChI=1S/C17H16N4O3S/c1-2-24-17(23)13-10-25-16(11-6-3-4-8-19-11)21(13)12-7-5-9-20-14(12)15(18)22/h3-10,16H,2H2,1H3,(H2,18,22). The van der Waals surface area contributed by atoms with Crippen molar-refractivity contribution < 1.29 is 14.3 Å². The minimum atomic E-state index is -0.671. The average molecular weight is 356 g/mol. The quantitative estimate of drug-likeness (QED) is 0.820. The van der Waals surface area contributed by atoms with Crippen molar-refractivity contribution in [2.45, 2.75) is 12.3 Å². The van der Waals surface area contributed by atoms with E-state index >= 15 is 0 Å². The van der Waals surface area contributed by atoms with Gasteiger partial charge in [0.15, 0.2) is 5.69 Å². The Hall–Kier alpha value is -2.87. The zero-order valence-corrected chi connectivity index (χ0v) is 14.3. The summed E-state index contributed by atoms with van der Waals surface area (Å²) in [4.78, 5) is 34.3. The summed E-state index contributed by atoms with van der Waals surface area (Å²) in [5.74, 6) is -1.15. The number of carbonyl (C=O) groups is 2. The molecule has 0 aliphatic carbocycles. The first-order valence-electron chi connectivity index (χ1n) is 7.61. The second-order valence-corrected chi connectivity index (χ2v) is 6.03. The number of rotatable bonds is 5. The van der Waals surface area contributed by atoms with Gasteiger partial charge in [-0.15, -0.1) is 0 Å². The Bertz CT molecular complexity index is 826. The second kappa shape index (κ2) is 7.35. The highest BCUT2D eigenvalue weighted by Crippen LogP contribution is 2.45. The van der Waals surface area contributed by atoms with Crippen LogP contribution in [0.1, 0.15) is 28.5 Å². The van der Waals surface area contributed by atoms with Crippen LogP contribution in [0.25, 0.3) is 0 Å². The number of pyridine rings is 2. The number of anilines is 1. The largest absolute Gasteiger partial charge is 0.461 e. The van der Waals surface area contributed by atoms with Crippen LogP contribution in [0.3, 0.4) is 0 Å². The summed E-state index contributed by atoms with van der Waals surface area (Å²) in [7, 11) is 0. The van der Waals surface area contributed by atoms with Gasteiger partial charge in [-0.1, -0.05) is 17.8 Å². The zero-order chi connectivity index (χ0) is 17.8. The summed E-state index contributed by atoms with van der Waals surface area (Å²) < 4.78 is 5.14. The molecule has 3 heterocycles. The van der Waals surface area contributed by atoms with Crippen molar-refractivity contribution in [3.8, 4) is 0 Å². The van der Waals surface area contributed by atoms with Crippen LogP contribution in [-0.4, -0.2) is 28.5 Å². The van der Waals surface area contributed by atoms with Crippen molar-refractivity contribution >= 4 is 29.3 Å². The lowest BCUT2D eigenvalue weighted by atomic mass is 10.2. The molecule has 1 aliphatic rings. The van der Waals surface area contributed by atoms with E-state index in [9.17, 15) is 9.59 Å². The molecule has 0 saturated heterocycles. The van der Waals surface area contributed by atoms with Crippen LogP contribution in [0.15, 0.2) is 53.8 Å². The predicted molar refractivity (Wildman–Crippen MR) is 94.5 cm³/mol. The summed E-state index contributed by atoms with van der Waals surface area (Å²) in [5.41, 5.74) is 7.04. The minimum absolute atomic E-state index is 0.0844. The SMILES string of the molecule is CCOC(=O)C1=CSC(c2ccccn2)N1c1cccnc1C(N)=O. The Labute approximate surface area is 148 Å². The number of thioether (sulfide) groups is 1. The fourth-order valence-corrected chi connectivity index (χ4v) is 3.58. The average Bonchev–Trinajstić information content (AvgIpc) is 3.07. The molecule has 1 atom stereocenters. The zero-order valence-electron chi connectivity index (χ0n) is 13.5. The van der Waals surface area contributed by atoms with E-state index in [-0.39, 0.29) is 17.7 Å². The molecule has 128 valence electrons. The topological polar surface area (TPSA) is 98.4 Å². The number of esters is 1. The molecule has 0 saturated carbocycles. The van der Waals surface area contributed by atoms with E-state index in [0.717, 1.165) is 5.69 Å². The fraction of sp³-hybridized carbons (Fsp3) is 0.176. The predicted octanol–water partition coefficient (Wildman–Crippen LogP) is 2.23. The minimum Gasteiger partial charge on any atom is -0.461 e. The number of aromatic nitrogens is 2. The molecule has 25 heavy (non-hydrogen) atoms. The van der Waals surface area contributed by atoms with Gasteiger partial charge < -0.3 is 15.4 Å². The van der Waals surface area contributed by atoms with E-state index in [0.29, 0.717) is 11.4 Å². The fourth-order valence-electron chi connectivity index (χ4n) is 2.49. The molecule has 0 radical (unpaired) electrons. The highest BCUT2D eigenvalue weighted by Gasteiger charge is 2.36. The lowest BCUT2D eigenvalue weighted by Crippen LogP contribution is -2.30. The smallest absolute Gasteiger partial charge is 0.355 e. The van der Waals surface area contributed by atoms with Gasteiger partial charge in [0, 0.05) is 17.8 Å². The Kier molecular flexibility index (Phi) is 4.99. The molecule has 7 nitrogen and oxygen atoms in total. The van der Waals surface area contributed by atoms with E-state index in [4.69, 9.17) is 10.5 Å². The number of carbonyl (C=O) groups excluding carboxylic acids is 2. The number of primary amides is 1. The number of hydrogen-bond acceptors (Lipinski definition) is 7. The third-order valence-corrected chi connectivity index (χ3v) is 4.58. The third-order valence-electron chi connectivity index (χ3n) is 3.51. The lowest BCUT2D eigenvalue weighted by molar-refractivity contribution is -0.138. The van der Waals surface area contributed by atoms with Gasteiger partial charge in [0.05, 0.1) is 18.0 Å². The summed E-state index contributed by atoms with van der Waals surface area (Å²) in [6.07, 6.45) is 3.16. The molecule has 0 fully saturated rings. The van der Waals surface area contributed by atoms with E-state index < -0.39 is 11.9 Å². The highest BCUT2D eigenvalue weighted by molar-refractivity contribution is 8.02. The molecule has 0 spiro atoms. The monoisotopic (exact) mass is 356 g/mol. The van der Waals surface area contributed by atoms with Gasteiger partial charge in [0.1, 0.15) is 11.1 Å². The van der Waals surface area contributed by atoms with Gasteiger partial charge in [-0.3, -0.25) is 9.78 Å². The molecule has 3 rings (SSSR count). The van der Waals surface area contributed by atoms with Gasteiger partial charge in [-0.05, 0) is 31.2 Å². The van der Waals surface area contributed by atoms with Crippen molar-refractivity contribution in [3.05, 3.63) is 65.2 Å². The number of nitrogens with zero attached hydrogens (tertiary/aromatic N) is 3. The van der Waals surface area contributed by atoms with E-state index in [1.807, 2.05) is 18.2 Å². The molecule has 2 aromatic rings. The van der Waals surface area contributed by atoms with E-state index in [1.54, 1.807) is 35.6 Å². The molecular weight excluding hydrogens is 340 g/mol. The number of ether oxygens (including phenoxy) is 1. The van der Waals surface area contributed by atoms with Gasteiger partial charge in [0.25, 0.3) is 5.91 Å². The molecule has 2 aromatic heterocycles. The highest BCUT2D eigenvalue weighted by atomic mass is 32.2. The molecule has 1 amide bonds. The number of nitrogens with two attached hydrogens (primary N) is 1. The molecular formula is C17H16N4O3S. The normalized spacial score (nSPS) is 16.4. The van der Waals surface area contributed by atoms with Crippen LogP contribution in [0, 0.1) is 0 Å². The first-order valence-corrected chi connectivity index (χ1v) is 8.55. The maximum Gasteiger partial charge on any atom is 0.355 e. The van der Waals surface area contributed by atoms with Crippen molar-refractivity contribution in [3.63, 3.8) is 0 Å². The van der Waals surface area contributed by atoms with Gasteiger partial charge in [-0.25, -0.2) is 9.78 Å². The van der Waals surface area contributed by atoms with Crippen LogP contribution in [-0.2, 0) is 9.53 Å². The summed E-state index contributed by atoms with van der Waals surface area (Å²) in [6, 6.07) is 8.91. The van der Waals surface area contributed by atoms with Gasteiger partial charge in [-0.2, -0.15) is 0 Å². The van der Waals surface area contributed by atoms with Gasteiger partial charge in [0.2, 0.25) is 0 Å². The van der Waals surface area contributed by atoms with Crippen molar-refractivity contribution in [2.24, 2.45) is 5.73 Å². The second-order valence-electron chi connectivity index (χ2n) is 5.07. The summed E-state index contributed by atoms with van der Waals surface area (Å²) in [5, 5.41) is 1.37. The van der Waals surface area contributed by atoms with E-state index in [2.05, 4.69) is 9.97 Å². The maximum atomic E-state index is 12.4. The van der Waals surface area contributed by atoms with Crippen LogP contribution in [0.2, 0.25) is 0 Å². The van der Waals surface area contributed by atoms with Crippen molar-refractivity contribution in [1.82, 2.24) is 9.97 Å². The molecule has 8 heteroatoms.